The molecule has 0 saturated carbocycles. The number of carbonyl (C=O) groups excluding carboxylic acids is 3. The summed E-state index contributed by atoms with van der Waals surface area (Å²) in [7, 11) is 0. The Morgan fingerprint density at radius 1 is 0.260 bits per heavy atom. The minimum atomic E-state index is -0.765. The maximum atomic E-state index is 12.9. The topological polar surface area (TPSA) is 78.9 Å². The highest BCUT2D eigenvalue weighted by atomic mass is 16.6. The van der Waals surface area contributed by atoms with Crippen molar-refractivity contribution in [3.8, 4) is 0 Å². The highest BCUT2D eigenvalue weighted by Crippen LogP contribution is 2.18. The van der Waals surface area contributed by atoms with E-state index in [1.807, 2.05) is 0 Å². The Hall–Kier alpha value is -1.85. The van der Waals surface area contributed by atoms with Crippen LogP contribution in [0.1, 0.15) is 380 Å². The summed E-state index contributed by atoms with van der Waals surface area (Å²) < 4.78 is 16.9. The molecule has 432 valence electrons. The second-order valence-corrected chi connectivity index (χ2v) is 22.7. The van der Waals surface area contributed by atoms with Crippen LogP contribution in [-0.4, -0.2) is 37.2 Å². The van der Waals surface area contributed by atoms with Crippen molar-refractivity contribution in [3.63, 3.8) is 0 Å². The van der Waals surface area contributed by atoms with Crippen LogP contribution < -0.4 is 0 Å². The van der Waals surface area contributed by atoms with Crippen molar-refractivity contribution in [1.82, 2.24) is 0 Å². The summed E-state index contributed by atoms with van der Waals surface area (Å²) in [5.41, 5.74) is 0. The highest BCUT2D eigenvalue weighted by molar-refractivity contribution is 5.71. The average Bonchev–Trinajstić information content (AvgIpc) is 3.39. The monoisotopic (exact) mass is 1030 g/mol. The van der Waals surface area contributed by atoms with Crippen LogP contribution in [0.15, 0.2) is 12.2 Å². The third-order valence-corrected chi connectivity index (χ3v) is 15.3. The van der Waals surface area contributed by atoms with Gasteiger partial charge in [-0.2, -0.15) is 0 Å². The third kappa shape index (κ3) is 60.9. The fourth-order valence-corrected chi connectivity index (χ4v) is 10.3. The second kappa shape index (κ2) is 62.7. The summed E-state index contributed by atoms with van der Waals surface area (Å²) in [4.78, 5) is 38.1. The van der Waals surface area contributed by atoms with E-state index in [4.69, 9.17) is 14.2 Å². The van der Waals surface area contributed by atoms with Crippen molar-refractivity contribution in [2.45, 2.75) is 386 Å². The molecule has 0 spiro atoms. The van der Waals surface area contributed by atoms with Crippen LogP contribution >= 0.6 is 0 Å². The Bertz CT molecular complexity index is 1130. The predicted octanol–water partition coefficient (Wildman–Crippen LogP) is 22.4. The summed E-state index contributed by atoms with van der Waals surface area (Å²) in [6.07, 6.45) is 74.1. The molecule has 1 unspecified atom stereocenters. The summed E-state index contributed by atoms with van der Waals surface area (Å²) in [6.45, 7) is 6.67. The first-order valence-electron chi connectivity index (χ1n) is 33.2. The van der Waals surface area contributed by atoms with Crippen molar-refractivity contribution < 1.29 is 28.6 Å². The second-order valence-electron chi connectivity index (χ2n) is 22.7. The molecule has 0 aliphatic carbocycles. The first-order chi connectivity index (χ1) is 36.0. The van der Waals surface area contributed by atoms with Crippen molar-refractivity contribution in [2.75, 3.05) is 13.2 Å². The Morgan fingerprint density at radius 3 is 0.685 bits per heavy atom. The number of rotatable bonds is 62. The Morgan fingerprint density at radius 2 is 0.452 bits per heavy atom. The van der Waals surface area contributed by atoms with Gasteiger partial charge < -0.3 is 14.2 Å². The van der Waals surface area contributed by atoms with Gasteiger partial charge in [-0.1, -0.05) is 328 Å². The molecule has 0 heterocycles. The van der Waals surface area contributed by atoms with Crippen molar-refractivity contribution in [1.29, 1.82) is 0 Å². The van der Waals surface area contributed by atoms with E-state index < -0.39 is 6.10 Å². The van der Waals surface area contributed by atoms with E-state index in [1.165, 1.54) is 283 Å². The molecule has 6 nitrogen and oxygen atoms in total. The number of esters is 3. The zero-order valence-corrected chi connectivity index (χ0v) is 49.7. The van der Waals surface area contributed by atoms with Gasteiger partial charge in [-0.05, 0) is 44.9 Å². The summed E-state index contributed by atoms with van der Waals surface area (Å²) >= 11 is 0. The van der Waals surface area contributed by atoms with E-state index in [9.17, 15) is 14.4 Å². The first kappa shape index (κ1) is 71.2. The predicted molar refractivity (Wildman–Crippen MR) is 317 cm³/mol. The number of hydrogen-bond donors (Lipinski definition) is 0. The number of unbranched alkanes of at least 4 members (excludes halogenated alkanes) is 49. The molecule has 0 aromatic carbocycles. The van der Waals surface area contributed by atoms with Crippen LogP contribution in [0.25, 0.3) is 0 Å². The van der Waals surface area contributed by atoms with Crippen LogP contribution in [0.3, 0.4) is 0 Å². The van der Waals surface area contributed by atoms with Gasteiger partial charge in [-0.15, -0.1) is 0 Å². The molecule has 0 aliphatic heterocycles. The van der Waals surface area contributed by atoms with Crippen molar-refractivity contribution in [2.24, 2.45) is 0 Å². The summed E-state index contributed by atoms with van der Waals surface area (Å²) in [5, 5.41) is 0. The number of ether oxygens (including phenoxy) is 3. The fraction of sp³-hybridized carbons (Fsp3) is 0.925. The molecule has 0 saturated heterocycles. The number of hydrogen-bond acceptors (Lipinski definition) is 6. The Labute approximate surface area is 456 Å². The molecule has 0 bridgehead atoms. The van der Waals surface area contributed by atoms with Gasteiger partial charge in [-0.3, -0.25) is 14.4 Å². The number of carbonyl (C=O) groups is 3. The molecule has 0 aromatic rings. The maximum absolute atomic E-state index is 12.9. The number of allylic oxidation sites excluding steroid dienone is 2. The lowest BCUT2D eigenvalue weighted by Gasteiger charge is -2.18. The summed E-state index contributed by atoms with van der Waals surface area (Å²) in [5.74, 6) is -0.847. The molecule has 0 aromatic heterocycles. The molecule has 0 rings (SSSR count). The van der Waals surface area contributed by atoms with Gasteiger partial charge in [-0.25, -0.2) is 0 Å². The van der Waals surface area contributed by atoms with Crippen LogP contribution in [0.5, 0.6) is 0 Å². The van der Waals surface area contributed by atoms with Gasteiger partial charge >= 0.3 is 17.9 Å². The van der Waals surface area contributed by atoms with Gasteiger partial charge in [0.1, 0.15) is 13.2 Å². The minimum Gasteiger partial charge on any atom is -0.462 e. The lowest BCUT2D eigenvalue weighted by atomic mass is 10.0. The van der Waals surface area contributed by atoms with E-state index in [1.54, 1.807) is 0 Å². The van der Waals surface area contributed by atoms with Gasteiger partial charge in [0, 0.05) is 19.3 Å². The third-order valence-electron chi connectivity index (χ3n) is 15.3. The fourth-order valence-electron chi connectivity index (χ4n) is 10.3. The zero-order chi connectivity index (χ0) is 52.9. The van der Waals surface area contributed by atoms with Gasteiger partial charge in [0.2, 0.25) is 0 Å². The van der Waals surface area contributed by atoms with Crippen LogP contribution in [-0.2, 0) is 28.6 Å². The van der Waals surface area contributed by atoms with Gasteiger partial charge in [0.25, 0.3) is 0 Å². The Balaban J connectivity index is 4.03. The van der Waals surface area contributed by atoms with E-state index in [0.717, 1.165) is 57.8 Å². The molecule has 0 fully saturated rings. The zero-order valence-electron chi connectivity index (χ0n) is 49.7. The van der Waals surface area contributed by atoms with Gasteiger partial charge in [0.05, 0.1) is 0 Å². The highest BCUT2D eigenvalue weighted by Gasteiger charge is 2.19. The van der Waals surface area contributed by atoms with Crippen LogP contribution in [0, 0.1) is 0 Å². The molecule has 0 radical (unpaired) electrons. The molecular weight excluding hydrogens is 901 g/mol. The molecule has 0 aliphatic rings. The maximum Gasteiger partial charge on any atom is 0.306 e. The first-order valence-corrected chi connectivity index (χ1v) is 33.2. The molecule has 6 heteroatoms. The molecule has 0 N–H and O–H groups in total. The largest absolute Gasteiger partial charge is 0.462 e. The van der Waals surface area contributed by atoms with E-state index >= 15 is 0 Å². The average molecular weight is 1030 g/mol. The normalized spacial score (nSPS) is 12.0. The SMILES string of the molecule is CCCCCCCCCC/C=C\CCCCCCCCCCCC(=O)OC(COC(=O)CCCCCCCCC)COC(=O)CCCCCCCCCCCCCCCCCCCCCCCCCCCCC. The molecule has 73 heavy (non-hydrogen) atoms. The quantitative estimate of drug-likeness (QED) is 0.0261. The lowest BCUT2D eigenvalue weighted by Crippen LogP contribution is -2.30. The van der Waals surface area contributed by atoms with Crippen molar-refractivity contribution >= 4 is 17.9 Å². The van der Waals surface area contributed by atoms with Crippen molar-refractivity contribution in [3.05, 3.63) is 12.2 Å². The van der Waals surface area contributed by atoms with Crippen LogP contribution in [0.2, 0.25) is 0 Å². The van der Waals surface area contributed by atoms with E-state index in [2.05, 4.69) is 32.9 Å². The lowest BCUT2D eigenvalue weighted by molar-refractivity contribution is -0.167. The standard InChI is InChI=1S/C67H128O6/c1-4-7-10-13-16-18-20-22-24-26-28-30-31-32-33-34-35-37-38-40-42-44-46-48-51-54-57-60-66(69)72-63-64(62-71-65(68)59-56-53-50-15-12-9-6-3)73-67(70)61-58-55-52-49-47-45-43-41-39-36-29-27-25-23-21-19-17-14-11-8-5-2/h27,29,64H,4-26,28,30-63H2,1-3H3/b29-27-. The minimum absolute atomic E-state index is 0.0651. The summed E-state index contributed by atoms with van der Waals surface area (Å²) in [6, 6.07) is 0. The van der Waals surface area contributed by atoms with Gasteiger partial charge in [0.15, 0.2) is 6.10 Å². The molecule has 1 atom stereocenters. The smallest absolute Gasteiger partial charge is 0.306 e. The molecular formula is C67H128O6. The van der Waals surface area contributed by atoms with E-state index in [0.29, 0.717) is 19.3 Å². The Kier molecular flexibility index (Phi) is 61.1. The van der Waals surface area contributed by atoms with Crippen LogP contribution in [0.4, 0.5) is 0 Å². The van der Waals surface area contributed by atoms with E-state index in [-0.39, 0.29) is 31.1 Å². The molecule has 0 amide bonds.